The molecule has 0 bridgehead atoms. The molecule has 2 N–H and O–H groups in total. The second-order valence-electron chi connectivity index (χ2n) is 5.16. The molecule has 0 aliphatic heterocycles. The minimum atomic E-state index is 0.316. The summed E-state index contributed by atoms with van der Waals surface area (Å²) in [6, 6.07) is 0.681. The quantitative estimate of drug-likeness (QED) is 0.725. The Kier molecular flexibility index (Phi) is 7.04. The van der Waals surface area contributed by atoms with E-state index in [-0.39, 0.29) is 0 Å². The third kappa shape index (κ3) is 5.59. The Bertz CT molecular complexity index is 399. The van der Waals surface area contributed by atoms with Crippen molar-refractivity contribution >= 4 is 11.9 Å². The van der Waals surface area contributed by atoms with Gasteiger partial charge in [-0.1, -0.05) is 27.2 Å². The first-order valence-corrected chi connectivity index (χ1v) is 7.42. The number of aromatic nitrogens is 3. The molecule has 0 aromatic carbocycles. The largest absolute Gasteiger partial charge is 0.463 e. The molecule has 0 saturated heterocycles. The fourth-order valence-corrected chi connectivity index (χ4v) is 1.84. The van der Waals surface area contributed by atoms with Crippen LogP contribution in [0.25, 0.3) is 0 Å². The molecular weight excluding hydrogens is 254 g/mol. The topological polar surface area (TPSA) is 72.0 Å². The van der Waals surface area contributed by atoms with Gasteiger partial charge in [0.2, 0.25) is 11.9 Å². The number of nitrogens with zero attached hydrogens (tertiary/aromatic N) is 3. The molecule has 0 aliphatic rings. The van der Waals surface area contributed by atoms with E-state index < -0.39 is 0 Å². The molecule has 0 amide bonds. The molecular formula is C14H27N5O. The molecule has 6 heteroatoms. The van der Waals surface area contributed by atoms with Crippen LogP contribution in [0.4, 0.5) is 11.9 Å². The van der Waals surface area contributed by atoms with Gasteiger partial charge in [0.1, 0.15) is 0 Å². The van der Waals surface area contributed by atoms with Crippen LogP contribution in [0.5, 0.6) is 6.01 Å². The highest BCUT2D eigenvalue weighted by Gasteiger charge is 2.11. The molecule has 1 heterocycles. The minimum Gasteiger partial charge on any atom is -0.463 e. The minimum absolute atomic E-state index is 0.316. The average molecular weight is 281 g/mol. The molecule has 1 aromatic rings. The SMILES string of the molecule is CCCOc1nc(NC)nc(NC(C)CC(C)CC)n1. The zero-order chi connectivity index (χ0) is 15.0. The van der Waals surface area contributed by atoms with Crippen molar-refractivity contribution in [3.8, 4) is 6.01 Å². The van der Waals surface area contributed by atoms with Gasteiger partial charge in [-0.05, 0) is 25.7 Å². The average Bonchev–Trinajstić information content (AvgIpc) is 2.44. The lowest BCUT2D eigenvalue weighted by Gasteiger charge is -2.18. The van der Waals surface area contributed by atoms with Crippen molar-refractivity contribution in [2.24, 2.45) is 5.92 Å². The van der Waals surface area contributed by atoms with Gasteiger partial charge in [0.05, 0.1) is 6.61 Å². The van der Waals surface area contributed by atoms with E-state index in [9.17, 15) is 0 Å². The van der Waals surface area contributed by atoms with Gasteiger partial charge >= 0.3 is 6.01 Å². The van der Waals surface area contributed by atoms with E-state index >= 15 is 0 Å². The highest BCUT2D eigenvalue weighted by atomic mass is 16.5. The Hall–Kier alpha value is -1.59. The summed E-state index contributed by atoms with van der Waals surface area (Å²) >= 11 is 0. The second kappa shape index (κ2) is 8.55. The van der Waals surface area contributed by atoms with E-state index in [4.69, 9.17) is 4.74 Å². The highest BCUT2D eigenvalue weighted by molar-refractivity contribution is 5.35. The number of hydrogen-bond acceptors (Lipinski definition) is 6. The molecule has 20 heavy (non-hydrogen) atoms. The normalized spacial score (nSPS) is 13.7. The number of anilines is 2. The molecule has 0 spiro atoms. The lowest BCUT2D eigenvalue weighted by Crippen LogP contribution is -2.20. The van der Waals surface area contributed by atoms with Crippen LogP contribution >= 0.6 is 0 Å². The third-order valence-electron chi connectivity index (χ3n) is 3.10. The van der Waals surface area contributed by atoms with Crippen molar-refractivity contribution in [1.29, 1.82) is 0 Å². The lowest BCUT2D eigenvalue weighted by molar-refractivity contribution is 0.292. The van der Waals surface area contributed by atoms with E-state index in [0.717, 1.165) is 12.8 Å². The van der Waals surface area contributed by atoms with E-state index in [1.54, 1.807) is 7.05 Å². The van der Waals surface area contributed by atoms with Crippen LogP contribution in [-0.4, -0.2) is 34.6 Å². The Morgan fingerprint density at radius 1 is 1.10 bits per heavy atom. The van der Waals surface area contributed by atoms with Crippen LogP contribution in [0, 0.1) is 5.92 Å². The summed E-state index contributed by atoms with van der Waals surface area (Å²) in [4.78, 5) is 12.8. The van der Waals surface area contributed by atoms with Crippen molar-refractivity contribution in [1.82, 2.24) is 15.0 Å². The molecule has 0 aliphatic carbocycles. The molecule has 1 aromatic heterocycles. The van der Waals surface area contributed by atoms with Crippen molar-refractivity contribution in [3.05, 3.63) is 0 Å². The third-order valence-corrected chi connectivity index (χ3v) is 3.10. The summed E-state index contributed by atoms with van der Waals surface area (Å²) in [5.41, 5.74) is 0. The fourth-order valence-electron chi connectivity index (χ4n) is 1.84. The van der Waals surface area contributed by atoms with Crippen LogP contribution in [0.3, 0.4) is 0 Å². The van der Waals surface area contributed by atoms with Crippen molar-refractivity contribution in [2.75, 3.05) is 24.3 Å². The molecule has 114 valence electrons. The monoisotopic (exact) mass is 281 g/mol. The first-order valence-electron chi connectivity index (χ1n) is 7.42. The van der Waals surface area contributed by atoms with E-state index in [1.807, 2.05) is 6.92 Å². The first-order chi connectivity index (χ1) is 9.58. The molecule has 6 nitrogen and oxygen atoms in total. The molecule has 0 fully saturated rings. The van der Waals surface area contributed by atoms with E-state index in [1.165, 1.54) is 6.42 Å². The Balaban J connectivity index is 2.72. The summed E-state index contributed by atoms with van der Waals surface area (Å²) < 4.78 is 5.48. The molecule has 0 saturated carbocycles. The summed E-state index contributed by atoms with van der Waals surface area (Å²) in [5.74, 6) is 1.76. The predicted molar refractivity (Wildman–Crippen MR) is 82.3 cm³/mol. The van der Waals surface area contributed by atoms with E-state index in [2.05, 4.69) is 46.4 Å². The Morgan fingerprint density at radius 3 is 2.40 bits per heavy atom. The zero-order valence-corrected chi connectivity index (χ0v) is 13.2. The van der Waals surface area contributed by atoms with Gasteiger partial charge in [-0.3, -0.25) is 0 Å². The van der Waals surface area contributed by atoms with Crippen LogP contribution in [-0.2, 0) is 0 Å². The van der Waals surface area contributed by atoms with Crippen LogP contribution < -0.4 is 15.4 Å². The van der Waals surface area contributed by atoms with Crippen LogP contribution in [0.1, 0.15) is 47.0 Å². The standard InChI is InChI=1S/C14H27N5O/c1-6-8-20-14-18-12(15-5)17-13(19-14)16-11(4)9-10(3)7-2/h10-11H,6-9H2,1-5H3,(H2,15,16,17,18,19). The number of hydrogen-bond donors (Lipinski definition) is 2. The van der Waals surface area contributed by atoms with Gasteiger partial charge in [-0.25, -0.2) is 0 Å². The number of rotatable bonds is 9. The maximum atomic E-state index is 5.48. The van der Waals surface area contributed by atoms with Crippen molar-refractivity contribution in [2.45, 2.75) is 53.0 Å². The summed E-state index contributed by atoms with van der Waals surface area (Å²) in [5, 5.41) is 6.24. The van der Waals surface area contributed by atoms with Gasteiger partial charge in [-0.15, -0.1) is 0 Å². The summed E-state index contributed by atoms with van der Waals surface area (Å²) in [6.07, 6.45) is 3.19. The second-order valence-corrected chi connectivity index (χ2v) is 5.16. The predicted octanol–water partition coefficient (Wildman–Crippen LogP) is 2.94. The smallest absolute Gasteiger partial charge is 0.323 e. The van der Waals surface area contributed by atoms with Crippen molar-refractivity contribution < 1.29 is 4.74 Å². The highest BCUT2D eigenvalue weighted by Crippen LogP contribution is 2.15. The summed E-state index contributed by atoms with van der Waals surface area (Å²) in [7, 11) is 1.78. The maximum absolute atomic E-state index is 5.48. The molecule has 1 rings (SSSR count). The van der Waals surface area contributed by atoms with E-state index in [0.29, 0.717) is 36.5 Å². The molecule has 0 radical (unpaired) electrons. The van der Waals surface area contributed by atoms with Gasteiger partial charge in [0.25, 0.3) is 0 Å². The van der Waals surface area contributed by atoms with Gasteiger partial charge < -0.3 is 15.4 Å². The Morgan fingerprint density at radius 2 is 1.80 bits per heavy atom. The van der Waals surface area contributed by atoms with Gasteiger partial charge in [0.15, 0.2) is 0 Å². The maximum Gasteiger partial charge on any atom is 0.323 e. The number of nitrogens with one attached hydrogen (secondary N) is 2. The van der Waals surface area contributed by atoms with Gasteiger partial charge in [0, 0.05) is 13.1 Å². The molecule has 2 unspecified atom stereocenters. The number of ether oxygens (including phenoxy) is 1. The van der Waals surface area contributed by atoms with Crippen molar-refractivity contribution in [3.63, 3.8) is 0 Å². The fraction of sp³-hybridized carbons (Fsp3) is 0.786. The lowest BCUT2D eigenvalue weighted by atomic mass is 10.0. The van der Waals surface area contributed by atoms with Crippen LogP contribution in [0.15, 0.2) is 0 Å². The van der Waals surface area contributed by atoms with Crippen LogP contribution in [0.2, 0.25) is 0 Å². The Labute approximate surface area is 121 Å². The first kappa shape index (κ1) is 16.5. The molecule has 2 atom stereocenters. The summed E-state index contributed by atoms with van der Waals surface area (Å²) in [6.45, 7) is 9.25. The van der Waals surface area contributed by atoms with Gasteiger partial charge in [-0.2, -0.15) is 15.0 Å². The zero-order valence-electron chi connectivity index (χ0n) is 13.2.